The maximum absolute atomic E-state index is 10.5. The maximum Gasteiger partial charge on any atom is 0.310 e. The number of carbonyl (C=O) groups is 2. The van der Waals surface area contributed by atoms with E-state index in [0.717, 1.165) is 6.42 Å². The summed E-state index contributed by atoms with van der Waals surface area (Å²) in [4.78, 5) is 20.3. The average molecular weight is 192 g/mol. The molecule has 0 aromatic carbocycles. The van der Waals surface area contributed by atoms with Crippen molar-refractivity contribution in [2.75, 3.05) is 13.2 Å². The molecule has 0 aromatic heterocycles. The third-order valence-electron chi connectivity index (χ3n) is 0.977. The van der Waals surface area contributed by atoms with Crippen LogP contribution in [0.25, 0.3) is 0 Å². The van der Waals surface area contributed by atoms with Crippen molar-refractivity contribution in [1.82, 2.24) is 0 Å². The number of rotatable bonds is 5. The molecule has 0 amide bonds. The fourth-order valence-electron chi connectivity index (χ4n) is 0.536. The quantitative estimate of drug-likeness (QED) is 0.524. The predicted molar refractivity (Wildman–Crippen MR) is 46.3 cm³/mol. The smallest absolute Gasteiger partial charge is 0.310 e. The number of carboxylic acids is 1. The zero-order valence-electron chi connectivity index (χ0n) is 7.69. The Bertz CT molecular complexity index is 141. The highest BCUT2D eigenvalue weighted by Crippen LogP contribution is 1.92. The minimum Gasteiger partial charge on any atom is -0.481 e. The molecule has 0 aliphatic rings. The molecule has 0 saturated carbocycles. The molecule has 0 saturated heterocycles. The van der Waals surface area contributed by atoms with Gasteiger partial charge in [0.15, 0.2) is 0 Å². The molecule has 0 aliphatic carbocycles. The predicted octanol–water partition coefficient (Wildman–Crippen LogP) is -0.199. The summed E-state index contributed by atoms with van der Waals surface area (Å²) in [6, 6.07) is 0. The highest BCUT2D eigenvalue weighted by Gasteiger charge is 2.04. The third kappa shape index (κ3) is 18.2. The van der Waals surface area contributed by atoms with Crippen LogP contribution >= 0.6 is 0 Å². The van der Waals surface area contributed by atoms with Crippen LogP contribution in [-0.2, 0) is 9.59 Å². The van der Waals surface area contributed by atoms with Gasteiger partial charge >= 0.3 is 5.97 Å². The van der Waals surface area contributed by atoms with Crippen LogP contribution < -0.4 is 0 Å². The van der Waals surface area contributed by atoms with Crippen LogP contribution in [0.2, 0.25) is 0 Å². The highest BCUT2D eigenvalue weighted by molar-refractivity contribution is 5.94. The second kappa shape index (κ2) is 11.1. The summed E-state index contributed by atoms with van der Waals surface area (Å²) < 4.78 is 0. The van der Waals surface area contributed by atoms with E-state index in [1.165, 1.54) is 0 Å². The standard InChI is InChI=1S/C6H10O3.C2H6O2/c1-2-3-5(7)4-6(8)9;3-1-2-4/h2-4H2,1H3,(H,8,9);3-4H,1-2H2. The SMILES string of the molecule is CCCC(=O)CC(=O)O.OCCO. The summed E-state index contributed by atoms with van der Waals surface area (Å²) in [6.07, 6.45) is 0.784. The molecule has 5 nitrogen and oxygen atoms in total. The number of hydrogen-bond donors (Lipinski definition) is 3. The van der Waals surface area contributed by atoms with Gasteiger partial charge in [-0.2, -0.15) is 0 Å². The van der Waals surface area contributed by atoms with Gasteiger partial charge in [0, 0.05) is 6.42 Å². The van der Waals surface area contributed by atoms with Crippen molar-refractivity contribution in [1.29, 1.82) is 0 Å². The van der Waals surface area contributed by atoms with Gasteiger partial charge in [0.1, 0.15) is 12.2 Å². The Labute approximate surface area is 77.0 Å². The van der Waals surface area contributed by atoms with Crippen molar-refractivity contribution in [3.05, 3.63) is 0 Å². The zero-order valence-corrected chi connectivity index (χ0v) is 7.69. The second-order valence-corrected chi connectivity index (χ2v) is 2.31. The van der Waals surface area contributed by atoms with E-state index in [2.05, 4.69) is 0 Å². The Balaban J connectivity index is 0. The summed E-state index contributed by atoms with van der Waals surface area (Å²) in [5.74, 6) is -1.22. The lowest BCUT2D eigenvalue weighted by atomic mass is 10.2. The molecule has 0 bridgehead atoms. The Morgan fingerprint density at radius 2 is 1.62 bits per heavy atom. The first-order chi connectivity index (χ1) is 6.08. The van der Waals surface area contributed by atoms with Crippen molar-refractivity contribution in [3.8, 4) is 0 Å². The van der Waals surface area contributed by atoms with Crippen molar-refractivity contribution < 1.29 is 24.9 Å². The van der Waals surface area contributed by atoms with Crippen molar-refractivity contribution in [3.63, 3.8) is 0 Å². The first-order valence-corrected chi connectivity index (χ1v) is 4.03. The molecule has 3 N–H and O–H groups in total. The molecule has 78 valence electrons. The third-order valence-corrected chi connectivity index (χ3v) is 0.977. The van der Waals surface area contributed by atoms with E-state index in [-0.39, 0.29) is 25.4 Å². The topological polar surface area (TPSA) is 94.8 Å². The van der Waals surface area contributed by atoms with Gasteiger partial charge in [0.25, 0.3) is 0 Å². The summed E-state index contributed by atoms with van der Waals surface area (Å²) in [6.45, 7) is 1.60. The van der Waals surface area contributed by atoms with Crippen LogP contribution in [0.4, 0.5) is 0 Å². The van der Waals surface area contributed by atoms with Gasteiger partial charge in [-0.3, -0.25) is 9.59 Å². The molecule has 0 atom stereocenters. The van der Waals surface area contributed by atoms with E-state index in [4.69, 9.17) is 15.3 Å². The van der Waals surface area contributed by atoms with Crippen LogP contribution in [0.5, 0.6) is 0 Å². The molecule has 13 heavy (non-hydrogen) atoms. The number of carboxylic acid groups (broad SMARTS) is 1. The number of ketones is 1. The molecule has 5 heteroatoms. The van der Waals surface area contributed by atoms with Crippen molar-refractivity contribution in [2.24, 2.45) is 0 Å². The number of aliphatic hydroxyl groups is 2. The minimum atomic E-state index is -1.03. The number of aliphatic hydroxyl groups excluding tert-OH is 2. The fraction of sp³-hybridized carbons (Fsp3) is 0.750. The maximum atomic E-state index is 10.5. The van der Waals surface area contributed by atoms with E-state index in [1.807, 2.05) is 6.92 Å². The summed E-state index contributed by atoms with van der Waals surface area (Å²) >= 11 is 0. The molecule has 0 rings (SSSR count). The molecule has 0 spiro atoms. The van der Waals surface area contributed by atoms with Crippen molar-refractivity contribution >= 4 is 11.8 Å². The van der Waals surface area contributed by atoms with Gasteiger partial charge < -0.3 is 15.3 Å². The van der Waals surface area contributed by atoms with E-state index in [1.54, 1.807) is 0 Å². The molecule has 0 radical (unpaired) electrons. The Kier molecular flexibility index (Phi) is 12.4. The monoisotopic (exact) mass is 192 g/mol. The van der Waals surface area contributed by atoms with Crippen LogP contribution in [0.1, 0.15) is 26.2 Å². The Morgan fingerprint density at radius 3 is 1.85 bits per heavy atom. The fourth-order valence-corrected chi connectivity index (χ4v) is 0.536. The average Bonchev–Trinajstić information content (AvgIpc) is 2.04. The van der Waals surface area contributed by atoms with Crippen molar-refractivity contribution in [2.45, 2.75) is 26.2 Å². The molecule has 0 fully saturated rings. The van der Waals surface area contributed by atoms with E-state index in [9.17, 15) is 9.59 Å². The first kappa shape index (κ1) is 14.6. The zero-order chi connectivity index (χ0) is 10.7. The molecule has 0 aliphatic heterocycles. The van der Waals surface area contributed by atoms with Gasteiger partial charge in [-0.1, -0.05) is 6.92 Å². The summed E-state index contributed by atoms with van der Waals surface area (Å²) in [7, 11) is 0. The lowest BCUT2D eigenvalue weighted by molar-refractivity contribution is -0.140. The number of carbonyl (C=O) groups excluding carboxylic acids is 1. The number of Topliss-reactive ketones (excluding diaryl/α,β-unsaturated/α-hetero) is 1. The molecular formula is C8H16O5. The summed E-state index contributed by atoms with van der Waals surface area (Å²) in [5.41, 5.74) is 0. The Morgan fingerprint density at radius 1 is 1.15 bits per heavy atom. The largest absolute Gasteiger partial charge is 0.481 e. The molecule has 0 aromatic rings. The first-order valence-electron chi connectivity index (χ1n) is 4.03. The normalized spacial score (nSPS) is 8.54. The molecule has 0 unspecified atom stereocenters. The number of hydrogen-bond acceptors (Lipinski definition) is 4. The van der Waals surface area contributed by atoms with E-state index in [0.29, 0.717) is 6.42 Å². The van der Waals surface area contributed by atoms with E-state index < -0.39 is 5.97 Å². The van der Waals surface area contributed by atoms with Gasteiger partial charge in [0.05, 0.1) is 13.2 Å². The molecule has 0 heterocycles. The summed E-state index contributed by atoms with van der Waals surface area (Å²) in [5, 5.41) is 23.3. The van der Waals surface area contributed by atoms with Gasteiger partial charge in [-0.15, -0.1) is 0 Å². The van der Waals surface area contributed by atoms with Gasteiger partial charge in [-0.25, -0.2) is 0 Å². The van der Waals surface area contributed by atoms with Gasteiger partial charge in [-0.05, 0) is 6.42 Å². The van der Waals surface area contributed by atoms with E-state index >= 15 is 0 Å². The minimum absolute atomic E-state index is 0.125. The van der Waals surface area contributed by atoms with Crippen LogP contribution in [0.3, 0.4) is 0 Å². The number of aliphatic carboxylic acids is 1. The lowest BCUT2D eigenvalue weighted by Crippen LogP contribution is -2.05. The highest BCUT2D eigenvalue weighted by atomic mass is 16.4. The second-order valence-electron chi connectivity index (χ2n) is 2.31. The molecular weight excluding hydrogens is 176 g/mol. The van der Waals surface area contributed by atoms with Gasteiger partial charge in [0.2, 0.25) is 0 Å². The van der Waals surface area contributed by atoms with Crippen LogP contribution in [0.15, 0.2) is 0 Å². The lowest BCUT2D eigenvalue weighted by Gasteiger charge is -1.90. The van der Waals surface area contributed by atoms with Crippen LogP contribution in [0, 0.1) is 0 Å². The Hall–Kier alpha value is -0.940. The van der Waals surface area contributed by atoms with Crippen LogP contribution in [-0.4, -0.2) is 40.3 Å².